The predicted octanol–water partition coefficient (Wildman–Crippen LogP) is 6.03. The van der Waals surface area contributed by atoms with Gasteiger partial charge in [0.15, 0.2) is 11.6 Å². The molecule has 3 N–H and O–H groups in total. The minimum atomic E-state index is -1.19. The predicted molar refractivity (Wildman–Crippen MR) is 170 cm³/mol. The number of carboxylic acids is 1. The van der Waals surface area contributed by atoms with Crippen molar-refractivity contribution < 1.29 is 33.6 Å². The van der Waals surface area contributed by atoms with Gasteiger partial charge < -0.3 is 24.4 Å². The molecule has 5 rings (SSSR count). The van der Waals surface area contributed by atoms with Crippen LogP contribution in [0.15, 0.2) is 67.0 Å². The number of aliphatic hydroxyl groups excluding tert-OH is 1. The molecule has 0 saturated heterocycles. The molecule has 11 heteroatoms. The lowest BCUT2D eigenvalue weighted by Gasteiger charge is -2.18. The molecular weight excluding hydrogens is 613 g/mol. The van der Waals surface area contributed by atoms with Crippen molar-refractivity contribution in [3.05, 3.63) is 106 Å². The summed E-state index contributed by atoms with van der Waals surface area (Å²) in [5.74, 6) is -0.348. The number of aromatic nitrogens is 1. The van der Waals surface area contributed by atoms with Crippen LogP contribution in [0.3, 0.4) is 0 Å². The summed E-state index contributed by atoms with van der Waals surface area (Å²) in [6, 6.07) is 17.0. The fourth-order valence-electron chi connectivity index (χ4n) is 5.69. The summed E-state index contributed by atoms with van der Waals surface area (Å²) in [6.07, 6.45) is 5.47. The van der Waals surface area contributed by atoms with Crippen LogP contribution in [0.5, 0.6) is 17.2 Å². The number of pyridine rings is 1. The van der Waals surface area contributed by atoms with Crippen molar-refractivity contribution in [2.75, 3.05) is 20.3 Å². The van der Waals surface area contributed by atoms with E-state index < -0.39 is 18.6 Å². The molecule has 4 aromatic rings. The van der Waals surface area contributed by atoms with Crippen LogP contribution in [0.2, 0.25) is 5.02 Å². The molecule has 1 aliphatic rings. The maximum atomic E-state index is 15.1. The first-order valence-electron chi connectivity index (χ1n) is 14.8. The van der Waals surface area contributed by atoms with E-state index in [1.165, 1.54) is 18.9 Å². The maximum Gasteiger partial charge on any atom is 0.323 e. The molecule has 238 valence electrons. The highest BCUT2D eigenvalue weighted by Gasteiger charge is 2.26. The number of carboxylic acid groups (broad SMARTS) is 1. The molecule has 3 aromatic carbocycles. The third-order valence-corrected chi connectivity index (χ3v) is 8.34. The molecule has 1 aromatic heterocycles. The number of carbonyl (C=O) groups is 1. The van der Waals surface area contributed by atoms with E-state index in [1.54, 1.807) is 42.6 Å². The van der Waals surface area contributed by atoms with Gasteiger partial charge in [0.1, 0.15) is 30.2 Å². The van der Waals surface area contributed by atoms with E-state index in [0.717, 1.165) is 24.0 Å². The molecule has 0 aliphatic heterocycles. The Balaban J connectivity index is 1.31. The van der Waals surface area contributed by atoms with Gasteiger partial charge in [0.05, 0.1) is 30.9 Å². The first kappa shape index (κ1) is 32.7. The molecule has 0 spiro atoms. The molecule has 46 heavy (non-hydrogen) atoms. The van der Waals surface area contributed by atoms with Crippen LogP contribution in [0, 0.1) is 17.1 Å². The lowest BCUT2D eigenvalue weighted by Crippen LogP contribution is -2.39. The molecule has 0 radical (unpaired) electrons. The van der Waals surface area contributed by atoms with Gasteiger partial charge in [-0.3, -0.25) is 15.1 Å². The molecular formula is C35H33ClFN3O6. The van der Waals surface area contributed by atoms with Gasteiger partial charge in [-0.15, -0.1) is 0 Å². The Morgan fingerprint density at radius 2 is 1.93 bits per heavy atom. The van der Waals surface area contributed by atoms with Crippen LogP contribution in [-0.4, -0.2) is 47.5 Å². The minimum Gasteiger partial charge on any atom is -0.494 e. The van der Waals surface area contributed by atoms with Gasteiger partial charge in [0.25, 0.3) is 0 Å². The van der Waals surface area contributed by atoms with Gasteiger partial charge in [-0.1, -0.05) is 41.9 Å². The fourth-order valence-corrected chi connectivity index (χ4v) is 5.93. The molecule has 0 amide bonds. The molecule has 1 aliphatic carbocycles. The average Bonchev–Trinajstić information content (AvgIpc) is 3.48. The number of halogens is 2. The SMILES string of the molecule is COc1cccc(-c2cccc3c2CCC3CCOc2cc(OCc3cncc(C#N)c3)c(CN[C@@H](CO)C(=O)O)cc2Cl)c1F. The summed E-state index contributed by atoms with van der Waals surface area (Å²) in [6.45, 7) is -0.0852. The van der Waals surface area contributed by atoms with E-state index >= 15 is 4.39 Å². The first-order valence-corrected chi connectivity index (χ1v) is 15.1. The minimum absolute atomic E-state index is 0.0540. The summed E-state index contributed by atoms with van der Waals surface area (Å²) in [7, 11) is 1.46. The highest BCUT2D eigenvalue weighted by molar-refractivity contribution is 6.32. The zero-order valence-corrected chi connectivity index (χ0v) is 25.9. The van der Waals surface area contributed by atoms with E-state index in [1.807, 2.05) is 18.2 Å². The maximum absolute atomic E-state index is 15.1. The van der Waals surface area contributed by atoms with Crippen LogP contribution < -0.4 is 19.5 Å². The number of rotatable bonds is 14. The molecule has 9 nitrogen and oxygen atoms in total. The lowest BCUT2D eigenvalue weighted by atomic mass is 9.93. The van der Waals surface area contributed by atoms with Gasteiger partial charge in [-0.2, -0.15) is 5.26 Å². The number of aliphatic hydroxyl groups is 1. The van der Waals surface area contributed by atoms with Gasteiger partial charge in [-0.25, -0.2) is 4.39 Å². The number of methoxy groups -OCH3 is 1. The van der Waals surface area contributed by atoms with Crippen molar-refractivity contribution in [3.63, 3.8) is 0 Å². The summed E-state index contributed by atoms with van der Waals surface area (Å²) < 4.78 is 32.5. The lowest BCUT2D eigenvalue weighted by molar-refractivity contribution is -0.140. The van der Waals surface area contributed by atoms with Gasteiger partial charge in [0, 0.05) is 41.7 Å². The Bertz CT molecular complexity index is 1760. The van der Waals surface area contributed by atoms with E-state index in [-0.39, 0.29) is 30.6 Å². The zero-order valence-electron chi connectivity index (χ0n) is 25.1. The van der Waals surface area contributed by atoms with Gasteiger partial charge in [0.2, 0.25) is 0 Å². The Kier molecular flexibility index (Phi) is 10.7. The van der Waals surface area contributed by atoms with Crippen molar-refractivity contribution in [2.24, 2.45) is 0 Å². The highest BCUT2D eigenvalue weighted by atomic mass is 35.5. The first-order chi connectivity index (χ1) is 22.3. The number of nitriles is 1. The number of aliphatic carboxylic acids is 1. The second-order valence-electron chi connectivity index (χ2n) is 10.9. The molecule has 0 bridgehead atoms. The van der Waals surface area contributed by atoms with E-state index in [0.29, 0.717) is 51.8 Å². The van der Waals surface area contributed by atoms with Crippen molar-refractivity contribution in [1.82, 2.24) is 10.3 Å². The fraction of sp³-hybridized carbons (Fsp3) is 0.286. The smallest absolute Gasteiger partial charge is 0.323 e. The highest BCUT2D eigenvalue weighted by Crippen LogP contribution is 2.42. The van der Waals surface area contributed by atoms with Crippen molar-refractivity contribution >= 4 is 17.6 Å². The summed E-state index contributed by atoms with van der Waals surface area (Å²) >= 11 is 6.61. The number of fused-ring (bicyclic) bond motifs is 1. The third-order valence-electron chi connectivity index (χ3n) is 8.05. The monoisotopic (exact) mass is 645 g/mol. The zero-order chi connectivity index (χ0) is 32.6. The molecule has 0 fully saturated rings. The van der Waals surface area contributed by atoms with Crippen molar-refractivity contribution in [2.45, 2.75) is 44.4 Å². The number of nitrogens with zero attached hydrogens (tertiary/aromatic N) is 2. The average molecular weight is 646 g/mol. The van der Waals surface area contributed by atoms with E-state index in [2.05, 4.69) is 16.4 Å². The Labute approximate surface area is 271 Å². The number of nitrogens with one attached hydrogen (secondary N) is 1. The Morgan fingerprint density at radius 3 is 2.70 bits per heavy atom. The molecule has 2 atom stereocenters. The molecule has 1 unspecified atom stereocenters. The van der Waals surface area contributed by atoms with Gasteiger partial charge >= 0.3 is 5.97 Å². The van der Waals surface area contributed by atoms with Crippen LogP contribution in [0.25, 0.3) is 11.1 Å². The van der Waals surface area contributed by atoms with Crippen LogP contribution >= 0.6 is 11.6 Å². The van der Waals surface area contributed by atoms with Crippen molar-refractivity contribution in [1.29, 1.82) is 5.26 Å². The quantitative estimate of drug-likeness (QED) is 0.150. The number of hydrogen-bond acceptors (Lipinski definition) is 8. The van der Waals surface area contributed by atoms with E-state index in [4.69, 9.17) is 25.8 Å². The largest absolute Gasteiger partial charge is 0.494 e. The summed E-state index contributed by atoms with van der Waals surface area (Å²) in [5, 5.41) is 31.1. The number of benzene rings is 3. The molecule has 1 heterocycles. The summed E-state index contributed by atoms with van der Waals surface area (Å²) in [4.78, 5) is 15.5. The van der Waals surface area contributed by atoms with Crippen LogP contribution in [-0.2, 0) is 24.4 Å². The van der Waals surface area contributed by atoms with E-state index in [9.17, 15) is 20.3 Å². The topological polar surface area (TPSA) is 134 Å². The Hall–Kier alpha value is -4.69. The number of hydrogen-bond donors (Lipinski definition) is 3. The summed E-state index contributed by atoms with van der Waals surface area (Å²) in [5.41, 5.74) is 5.31. The van der Waals surface area contributed by atoms with Gasteiger partial charge in [-0.05, 0) is 60.1 Å². The second-order valence-corrected chi connectivity index (χ2v) is 11.3. The molecule has 0 saturated carbocycles. The van der Waals surface area contributed by atoms with Crippen LogP contribution in [0.1, 0.15) is 46.6 Å². The third kappa shape index (κ3) is 7.40. The standard InChI is InChI=1S/C35H33ClFN3O6/c1-44-31-7-3-6-28(34(31)37)26-5-2-4-25-23(8-9-27(25)26)10-11-45-33-14-32(46-20-22-12-21(15-38)16-39-17-22)24(13-29(33)36)18-40-30(19-41)35(42)43/h2-7,12-14,16-17,23,30,40-41H,8-11,18-20H2,1H3,(H,42,43)/t23?,30-/m0/s1. The van der Waals surface area contributed by atoms with Crippen LogP contribution in [0.4, 0.5) is 4.39 Å². The normalized spacial score (nSPS) is 14.3. The second kappa shape index (κ2) is 15.1. The van der Waals surface area contributed by atoms with Crippen molar-refractivity contribution in [3.8, 4) is 34.4 Å². The number of ether oxygens (including phenoxy) is 3. The Morgan fingerprint density at radius 1 is 1.13 bits per heavy atom.